The second kappa shape index (κ2) is 8.52. The van der Waals surface area contributed by atoms with Crippen LogP contribution < -0.4 is 4.72 Å². The lowest BCUT2D eigenvalue weighted by Gasteiger charge is -2.20. The minimum Gasteiger partial charge on any atom is -0.264 e. The van der Waals surface area contributed by atoms with Crippen LogP contribution in [0, 0.1) is 19.3 Å². The summed E-state index contributed by atoms with van der Waals surface area (Å²) in [6, 6.07) is 12.4. The van der Waals surface area contributed by atoms with E-state index in [1.165, 1.54) is 12.1 Å². The minimum absolute atomic E-state index is 0.0743. The van der Waals surface area contributed by atoms with E-state index in [1.807, 2.05) is 25.1 Å². The van der Waals surface area contributed by atoms with Gasteiger partial charge in [0.25, 0.3) is 0 Å². The average Bonchev–Trinajstić information content (AvgIpc) is 2.73. The molecule has 0 amide bonds. The van der Waals surface area contributed by atoms with Gasteiger partial charge < -0.3 is 0 Å². The Morgan fingerprint density at radius 1 is 1.07 bits per heavy atom. The number of hydrogen-bond acceptors (Lipinski definition) is 3. The molecule has 0 aliphatic carbocycles. The second-order valence-corrected chi connectivity index (χ2v) is 8.67. The molecule has 0 aliphatic rings. The van der Waals surface area contributed by atoms with E-state index < -0.39 is 21.9 Å². The number of sulfonamides is 1. The molecule has 1 atom stereocenters. The molecular formula is C22H20FN3O2S. The summed E-state index contributed by atoms with van der Waals surface area (Å²) in [5.41, 5.74) is 4.35. The molecule has 0 saturated heterocycles. The Morgan fingerprint density at radius 3 is 2.41 bits per heavy atom. The van der Waals surface area contributed by atoms with Crippen LogP contribution in [0.25, 0.3) is 16.0 Å². The Morgan fingerprint density at radius 2 is 1.79 bits per heavy atom. The van der Waals surface area contributed by atoms with Crippen molar-refractivity contribution < 1.29 is 12.8 Å². The van der Waals surface area contributed by atoms with Gasteiger partial charge in [0.2, 0.25) is 10.0 Å². The number of pyridine rings is 1. The van der Waals surface area contributed by atoms with Crippen molar-refractivity contribution in [3.8, 4) is 11.1 Å². The highest BCUT2D eigenvalue weighted by molar-refractivity contribution is 7.89. The summed E-state index contributed by atoms with van der Waals surface area (Å²) in [7, 11) is -3.52. The van der Waals surface area contributed by atoms with E-state index in [0.29, 0.717) is 16.8 Å². The first-order valence-electron chi connectivity index (χ1n) is 9.02. The first kappa shape index (κ1) is 20.6. The molecule has 0 fully saturated rings. The molecule has 2 aromatic carbocycles. The van der Waals surface area contributed by atoms with Gasteiger partial charge in [0.15, 0.2) is 5.69 Å². The van der Waals surface area contributed by atoms with Gasteiger partial charge >= 0.3 is 0 Å². The van der Waals surface area contributed by atoms with Crippen LogP contribution in [-0.4, -0.2) is 19.2 Å². The number of aryl methyl sites for hydroxylation is 1. The summed E-state index contributed by atoms with van der Waals surface area (Å²) in [5.74, 6) is -0.470. The van der Waals surface area contributed by atoms with Crippen molar-refractivity contribution >= 4 is 15.7 Å². The molecular weight excluding hydrogens is 389 g/mol. The largest absolute Gasteiger partial charge is 0.264 e. The van der Waals surface area contributed by atoms with Crippen LogP contribution in [0.3, 0.4) is 0 Å². The quantitative estimate of drug-likeness (QED) is 0.596. The molecule has 0 spiro atoms. The molecule has 1 N–H and O–H groups in total. The van der Waals surface area contributed by atoms with Gasteiger partial charge in [0.05, 0.1) is 18.4 Å². The van der Waals surface area contributed by atoms with Gasteiger partial charge in [-0.05, 0) is 54.3 Å². The van der Waals surface area contributed by atoms with Gasteiger partial charge in [0.1, 0.15) is 5.82 Å². The van der Waals surface area contributed by atoms with Crippen LogP contribution in [0.5, 0.6) is 0 Å². The maximum atomic E-state index is 13.4. The number of benzene rings is 2. The molecule has 148 valence electrons. The maximum absolute atomic E-state index is 13.4. The van der Waals surface area contributed by atoms with Crippen LogP contribution in [0.2, 0.25) is 0 Å². The third-order valence-corrected chi connectivity index (χ3v) is 5.98. The molecule has 0 radical (unpaired) electrons. The van der Waals surface area contributed by atoms with Gasteiger partial charge in [0, 0.05) is 18.0 Å². The summed E-state index contributed by atoms with van der Waals surface area (Å²) in [6.07, 6.45) is 3.28. The molecule has 7 heteroatoms. The van der Waals surface area contributed by atoms with E-state index in [2.05, 4.69) is 14.6 Å². The van der Waals surface area contributed by atoms with E-state index in [0.717, 1.165) is 16.7 Å². The molecule has 29 heavy (non-hydrogen) atoms. The van der Waals surface area contributed by atoms with E-state index in [1.54, 1.807) is 37.5 Å². The lowest BCUT2D eigenvalue weighted by atomic mass is 9.97. The Labute approximate surface area is 170 Å². The topological polar surface area (TPSA) is 63.4 Å². The van der Waals surface area contributed by atoms with Gasteiger partial charge in [-0.1, -0.05) is 30.3 Å². The molecule has 1 aromatic heterocycles. The summed E-state index contributed by atoms with van der Waals surface area (Å²) in [4.78, 5) is 7.76. The zero-order chi connectivity index (χ0) is 21.0. The Hall–Kier alpha value is -3.08. The van der Waals surface area contributed by atoms with E-state index in [-0.39, 0.29) is 5.75 Å². The van der Waals surface area contributed by atoms with Crippen molar-refractivity contribution in [2.24, 2.45) is 0 Å². The Bertz CT molecular complexity index is 1170. The number of halogens is 1. The monoisotopic (exact) mass is 409 g/mol. The fourth-order valence-electron chi connectivity index (χ4n) is 2.98. The summed E-state index contributed by atoms with van der Waals surface area (Å²) < 4.78 is 40.6. The smallest absolute Gasteiger partial charge is 0.212 e. The van der Waals surface area contributed by atoms with Gasteiger partial charge in [-0.2, -0.15) is 0 Å². The number of rotatable bonds is 6. The third kappa shape index (κ3) is 4.86. The van der Waals surface area contributed by atoms with Crippen LogP contribution >= 0.6 is 0 Å². The van der Waals surface area contributed by atoms with Crippen molar-refractivity contribution in [1.82, 2.24) is 9.71 Å². The highest BCUT2D eigenvalue weighted by Gasteiger charge is 2.21. The van der Waals surface area contributed by atoms with Gasteiger partial charge in [-0.15, -0.1) is 0 Å². The normalized spacial score (nSPS) is 12.3. The van der Waals surface area contributed by atoms with Crippen LogP contribution in [0.15, 0.2) is 60.9 Å². The predicted molar refractivity (Wildman–Crippen MR) is 112 cm³/mol. The van der Waals surface area contributed by atoms with Crippen molar-refractivity contribution in [3.05, 3.63) is 94.8 Å². The highest BCUT2D eigenvalue weighted by atomic mass is 32.2. The van der Waals surface area contributed by atoms with E-state index >= 15 is 0 Å². The molecule has 1 unspecified atom stereocenters. The van der Waals surface area contributed by atoms with E-state index in [4.69, 9.17) is 6.57 Å². The van der Waals surface area contributed by atoms with Crippen molar-refractivity contribution in [2.45, 2.75) is 19.9 Å². The lowest BCUT2D eigenvalue weighted by molar-refractivity contribution is 0.573. The fraction of sp³-hybridized carbons (Fsp3) is 0.182. The van der Waals surface area contributed by atoms with Crippen molar-refractivity contribution in [2.75, 3.05) is 5.75 Å². The zero-order valence-corrected chi connectivity index (χ0v) is 16.9. The van der Waals surface area contributed by atoms with Crippen LogP contribution in [-0.2, 0) is 10.0 Å². The number of nitrogens with one attached hydrogen (secondary N) is 1. The molecule has 0 saturated carbocycles. The summed E-state index contributed by atoms with van der Waals surface area (Å²) in [5, 5.41) is 0. The third-order valence-electron chi connectivity index (χ3n) is 4.62. The number of nitrogens with zero attached hydrogens (tertiary/aromatic N) is 2. The fourth-order valence-corrected chi connectivity index (χ4v) is 3.78. The highest BCUT2D eigenvalue weighted by Crippen LogP contribution is 2.29. The Kier molecular flexibility index (Phi) is 6.06. The standard InChI is InChI=1S/C22H20FN3O2S/c1-4-29(27,28)26-22(16-5-8-20(23)9-6-16)19-12-18(13-25-14-19)17-7-10-21(24-3)15(2)11-17/h5-14,22,26H,4H2,1-2H3. The molecule has 5 nitrogen and oxygen atoms in total. The predicted octanol–water partition coefficient (Wildman–Crippen LogP) is 4.78. The molecule has 3 rings (SSSR count). The maximum Gasteiger partial charge on any atom is 0.212 e. The summed E-state index contributed by atoms with van der Waals surface area (Å²) in [6.45, 7) is 10.6. The number of hydrogen-bond donors (Lipinski definition) is 1. The Balaban J connectivity index is 2.07. The van der Waals surface area contributed by atoms with Gasteiger partial charge in [-0.25, -0.2) is 22.4 Å². The van der Waals surface area contributed by atoms with Crippen LogP contribution in [0.4, 0.5) is 10.1 Å². The van der Waals surface area contributed by atoms with Gasteiger partial charge in [-0.3, -0.25) is 4.98 Å². The molecule has 3 aromatic rings. The SMILES string of the molecule is [C-]#[N+]c1ccc(-c2cncc(C(NS(=O)(=O)CC)c3ccc(F)cc3)c2)cc1C. The lowest BCUT2D eigenvalue weighted by Crippen LogP contribution is -2.30. The molecule has 1 heterocycles. The van der Waals surface area contributed by atoms with Crippen LogP contribution in [0.1, 0.15) is 29.7 Å². The number of aromatic nitrogens is 1. The van der Waals surface area contributed by atoms with Crippen molar-refractivity contribution in [1.29, 1.82) is 0 Å². The molecule has 0 aliphatic heterocycles. The first-order chi connectivity index (χ1) is 13.8. The van der Waals surface area contributed by atoms with E-state index in [9.17, 15) is 12.8 Å². The second-order valence-electron chi connectivity index (χ2n) is 6.63. The zero-order valence-electron chi connectivity index (χ0n) is 16.1. The summed E-state index contributed by atoms with van der Waals surface area (Å²) >= 11 is 0. The molecule has 0 bridgehead atoms. The minimum atomic E-state index is -3.52. The average molecular weight is 409 g/mol. The van der Waals surface area contributed by atoms with Crippen molar-refractivity contribution in [3.63, 3.8) is 0 Å². The first-order valence-corrected chi connectivity index (χ1v) is 10.7.